The van der Waals surface area contributed by atoms with Crippen molar-refractivity contribution in [3.63, 3.8) is 0 Å². The lowest BCUT2D eigenvalue weighted by molar-refractivity contribution is 0.962. The van der Waals surface area contributed by atoms with Crippen LogP contribution in [0.4, 0.5) is 5.82 Å². The number of anilines is 1. The highest BCUT2D eigenvalue weighted by molar-refractivity contribution is 5.83. The van der Waals surface area contributed by atoms with E-state index < -0.39 is 0 Å². The molecule has 13 heavy (non-hydrogen) atoms. The molecule has 2 aromatic rings. The van der Waals surface area contributed by atoms with Crippen molar-refractivity contribution < 1.29 is 0 Å². The number of nitrogens with two attached hydrogens (primary N) is 1. The minimum absolute atomic E-state index is 0.461. The molecule has 0 fully saturated rings. The standard InChI is InChI=1S/C9H10N4/c1-2-7-12-6-4-3-5-11-8(6)9(10)13-7/h3-5H,2H2,1H3,(H2,10,12,13). The summed E-state index contributed by atoms with van der Waals surface area (Å²) in [5.41, 5.74) is 7.21. The number of hydrogen-bond acceptors (Lipinski definition) is 4. The van der Waals surface area contributed by atoms with Crippen molar-refractivity contribution in [1.29, 1.82) is 0 Å². The number of fused-ring (bicyclic) bond motifs is 1. The third kappa shape index (κ3) is 1.30. The van der Waals surface area contributed by atoms with E-state index in [1.54, 1.807) is 6.20 Å². The second-order valence-corrected chi connectivity index (χ2v) is 2.75. The minimum Gasteiger partial charge on any atom is -0.382 e. The third-order valence-corrected chi connectivity index (χ3v) is 1.84. The summed E-state index contributed by atoms with van der Waals surface area (Å²) in [6.07, 6.45) is 2.47. The molecule has 0 aromatic carbocycles. The Morgan fingerprint density at radius 1 is 1.38 bits per heavy atom. The van der Waals surface area contributed by atoms with Crippen LogP contribution in [0.3, 0.4) is 0 Å². The van der Waals surface area contributed by atoms with Gasteiger partial charge in [0.25, 0.3) is 0 Å². The molecule has 0 aliphatic heterocycles. The molecule has 2 N–H and O–H groups in total. The summed E-state index contributed by atoms with van der Waals surface area (Å²) in [5, 5.41) is 0. The molecule has 0 saturated heterocycles. The monoisotopic (exact) mass is 174 g/mol. The van der Waals surface area contributed by atoms with Gasteiger partial charge in [-0.3, -0.25) is 4.98 Å². The Kier molecular flexibility index (Phi) is 1.81. The summed E-state index contributed by atoms with van der Waals surface area (Å²) >= 11 is 0. The number of nitrogens with zero attached hydrogens (tertiary/aromatic N) is 3. The Labute approximate surface area is 75.8 Å². The summed E-state index contributed by atoms with van der Waals surface area (Å²) in [7, 11) is 0. The van der Waals surface area contributed by atoms with Crippen molar-refractivity contribution in [3.8, 4) is 0 Å². The highest BCUT2D eigenvalue weighted by Gasteiger charge is 2.03. The van der Waals surface area contributed by atoms with Gasteiger partial charge in [0.2, 0.25) is 0 Å². The Morgan fingerprint density at radius 3 is 3.00 bits per heavy atom. The molecule has 2 aromatic heterocycles. The molecule has 4 nitrogen and oxygen atoms in total. The number of hydrogen-bond donors (Lipinski definition) is 1. The van der Waals surface area contributed by atoms with E-state index in [-0.39, 0.29) is 0 Å². The smallest absolute Gasteiger partial charge is 0.153 e. The molecule has 0 aliphatic carbocycles. The van der Waals surface area contributed by atoms with E-state index in [9.17, 15) is 0 Å². The maximum atomic E-state index is 5.72. The van der Waals surface area contributed by atoms with E-state index in [2.05, 4.69) is 15.0 Å². The van der Waals surface area contributed by atoms with E-state index in [1.807, 2.05) is 19.1 Å². The van der Waals surface area contributed by atoms with Crippen LogP contribution in [0, 0.1) is 0 Å². The van der Waals surface area contributed by atoms with Crippen LogP contribution in [0.15, 0.2) is 18.3 Å². The number of aromatic nitrogens is 3. The van der Waals surface area contributed by atoms with Gasteiger partial charge in [0.05, 0.1) is 5.52 Å². The van der Waals surface area contributed by atoms with Gasteiger partial charge in [-0.1, -0.05) is 6.92 Å². The van der Waals surface area contributed by atoms with E-state index in [4.69, 9.17) is 5.73 Å². The van der Waals surface area contributed by atoms with Gasteiger partial charge < -0.3 is 5.73 Å². The molecule has 0 aliphatic rings. The molecule has 2 rings (SSSR count). The van der Waals surface area contributed by atoms with Crippen LogP contribution >= 0.6 is 0 Å². The maximum absolute atomic E-state index is 5.72. The SMILES string of the molecule is CCc1nc(N)c2ncccc2n1. The van der Waals surface area contributed by atoms with Crippen LogP contribution in [-0.4, -0.2) is 15.0 Å². The van der Waals surface area contributed by atoms with E-state index >= 15 is 0 Å². The number of rotatable bonds is 1. The summed E-state index contributed by atoms with van der Waals surface area (Å²) in [6, 6.07) is 3.73. The van der Waals surface area contributed by atoms with Crippen molar-refractivity contribution in [1.82, 2.24) is 15.0 Å². The van der Waals surface area contributed by atoms with Crippen LogP contribution in [0.2, 0.25) is 0 Å². The zero-order valence-corrected chi connectivity index (χ0v) is 7.36. The van der Waals surface area contributed by atoms with Gasteiger partial charge in [-0.25, -0.2) is 9.97 Å². The predicted octanol–water partition coefficient (Wildman–Crippen LogP) is 1.17. The fourth-order valence-corrected chi connectivity index (χ4v) is 1.20. The van der Waals surface area contributed by atoms with Crippen molar-refractivity contribution in [2.75, 3.05) is 5.73 Å². The fraction of sp³-hybridized carbons (Fsp3) is 0.222. The van der Waals surface area contributed by atoms with Gasteiger partial charge in [0, 0.05) is 12.6 Å². The molecule has 0 saturated carbocycles. The van der Waals surface area contributed by atoms with E-state index in [1.165, 1.54) is 0 Å². The molecule has 66 valence electrons. The lowest BCUT2D eigenvalue weighted by Gasteiger charge is -2.01. The molecule has 0 atom stereocenters. The molecule has 0 unspecified atom stereocenters. The highest BCUT2D eigenvalue weighted by Crippen LogP contribution is 2.13. The second kappa shape index (κ2) is 2.97. The van der Waals surface area contributed by atoms with E-state index in [0.29, 0.717) is 11.3 Å². The molecule has 0 radical (unpaired) electrons. The van der Waals surface area contributed by atoms with Crippen molar-refractivity contribution in [3.05, 3.63) is 24.2 Å². The zero-order valence-electron chi connectivity index (χ0n) is 7.36. The molecule has 0 amide bonds. The topological polar surface area (TPSA) is 64.7 Å². The fourth-order valence-electron chi connectivity index (χ4n) is 1.20. The average Bonchev–Trinajstić information content (AvgIpc) is 2.18. The van der Waals surface area contributed by atoms with Gasteiger partial charge >= 0.3 is 0 Å². The highest BCUT2D eigenvalue weighted by atomic mass is 15.0. The zero-order chi connectivity index (χ0) is 9.26. The number of nitrogen functional groups attached to an aromatic ring is 1. The first-order chi connectivity index (χ1) is 6.31. The van der Waals surface area contributed by atoms with Crippen LogP contribution in [0.25, 0.3) is 11.0 Å². The lowest BCUT2D eigenvalue weighted by Crippen LogP contribution is -2.00. The Morgan fingerprint density at radius 2 is 2.23 bits per heavy atom. The number of aryl methyl sites for hydroxylation is 1. The Bertz CT molecular complexity index is 439. The normalized spacial score (nSPS) is 10.5. The molecular formula is C9H10N4. The second-order valence-electron chi connectivity index (χ2n) is 2.75. The third-order valence-electron chi connectivity index (χ3n) is 1.84. The minimum atomic E-state index is 0.461. The van der Waals surface area contributed by atoms with Crippen LogP contribution in [0.5, 0.6) is 0 Å². The van der Waals surface area contributed by atoms with Crippen molar-refractivity contribution >= 4 is 16.9 Å². The lowest BCUT2D eigenvalue weighted by atomic mass is 10.3. The van der Waals surface area contributed by atoms with Crippen LogP contribution in [0.1, 0.15) is 12.7 Å². The Balaban J connectivity index is 2.77. The van der Waals surface area contributed by atoms with Gasteiger partial charge in [-0.05, 0) is 12.1 Å². The van der Waals surface area contributed by atoms with Gasteiger partial charge in [0.15, 0.2) is 5.82 Å². The molecule has 2 heterocycles. The first-order valence-corrected chi connectivity index (χ1v) is 4.18. The summed E-state index contributed by atoms with van der Waals surface area (Å²) in [4.78, 5) is 12.5. The molecule has 0 bridgehead atoms. The van der Waals surface area contributed by atoms with Gasteiger partial charge in [-0.2, -0.15) is 0 Å². The van der Waals surface area contributed by atoms with Crippen molar-refractivity contribution in [2.24, 2.45) is 0 Å². The first-order valence-electron chi connectivity index (χ1n) is 4.18. The summed E-state index contributed by atoms with van der Waals surface area (Å²) in [5.74, 6) is 1.22. The Hall–Kier alpha value is -1.71. The van der Waals surface area contributed by atoms with Gasteiger partial charge in [-0.15, -0.1) is 0 Å². The quantitative estimate of drug-likeness (QED) is 0.704. The maximum Gasteiger partial charge on any atom is 0.153 e. The van der Waals surface area contributed by atoms with Crippen molar-refractivity contribution in [2.45, 2.75) is 13.3 Å². The molecule has 0 spiro atoms. The van der Waals surface area contributed by atoms with Gasteiger partial charge in [0.1, 0.15) is 11.3 Å². The largest absolute Gasteiger partial charge is 0.382 e. The predicted molar refractivity (Wildman–Crippen MR) is 51.1 cm³/mol. The summed E-state index contributed by atoms with van der Waals surface area (Å²) in [6.45, 7) is 2.00. The average molecular weight is 174 g/mol. The van der Waals surface area contributed by atoms with E-state index in [0.717, 1.165) is 17.8 Å². The molecular weight excluding hydrogens is 164 g/mol. The summed E-state index contributed by atoms with van der Waals surface area (Å²) < 4.78 is 0. The van der Waals surface area contributed by atoms with Crippen LogP contribution < -0.4 is 5.73 Å². The number of pyridine rings is 1. The molecule has 4 heteroatoms. The first kappa shape index (κ1) is 7.91. The van der Waals surface area contributed by atoms with Crippen LogP contribution in [-0.2, 0) is 6.42 Å².